The Morgan fingerprint density at radius 1 is 1.21 bits per heavy atom. The van der Waals surface area contributed by atoms with Crippen LogP contribution in [-0.2, 0) is 0 Å². The van der Waals surface area contributed by atoms with E-state index in [9.17, 15) is 0 Å². The van der Waals surface area contributed by atoms with Crippen molar-refractivity contribution in [2.45, 2.75) is 71.0 Å². The van der Waals surface area contributed by atoms with E-state index in [2.05, 4.69) is 35.9 Å². The van der Waals surface area contributed by atoms with E-state index >= 15 is 0 Å². The Morgan fingerprint density at radius 2 is 2.05 bits per heavy atom. The third kappa shape index (κ3) is 4.17. The predicted octanol–water partition coefficient (Wildman–Crippen LogP) is 2.32. The molecule has 19 heavy (non-hydrogen) atoms. The third-order valence-electron chi connectivity index (χ3n) is 4.97. The molecular formula is C16H33N3. The number of piperidine rings is 1. The van der Waals surface area contributed by atoms with Crippen molar-refractivity contribution < 1.29 is 0 Å². The number of nitrogens with one attached hydrogen (secondary N) is 1. The highest BCUT2D eigenvalue weighted by molar-refractivity contribution is 4.91. The van der Waals surface area contributed by atoms with E-state index in [1.165, 1.54) is 64.8 Å². The molecule has 0 bridgehead atoms. The van der Waals surface area contributed by atoms with Gasteiger partial charge in [0.05, 0.1) is 0 Å². The van der Waals surface area contributed by atoms with Crippen molar-refractivity contribution in [2.24, 2.45) is 0 Å². The van der Waals surface area contributed by atoms with Gasteiger partial charge in [0.1, 0.15) is 0 Å². The summed E-state index contributed by atoms with van der Waals surface area (Å²) in [5.41, 5.74) is 0. The van der Waals surface area contributed by atoms with Gasteiger partial charge in [-0.2, -0.15) is 0 Å². The Labute approximate surface area is 119 Å². The Hall–Kier alpha value is -0.120. The number of hydrogen-bond donors (Lipinski definition) is 1. The van der Waals surface area contributed by atoms with Crippen LogP contribution in [0, 0.1) is 0 Å². The van der Waals surface area contributed by atoms with Gasteiger partial charge in [0, 0.05) is 31.2 Å². The summed E-state index contributed by atoms with van der Waals surface area (Å²) in [7, 11) is 0. The average Bonchev–Trinajstić information content (AvgIpc) is 2.42. The molecule has 3 heteroatoms. The number of fused-ring (bicyclic) bond motifs is 1. The molecule has 112 valence electrons. The zero-order valence-electron chi connectivity index (χ0n) is 13.2. The first-order valence-electron chi connectivity index (χ1n) is 8.43. The van der Waals surface area contributed by atoms with Crippen LogP contribution in [0.3, 0.4) is 0 Å². The lowest BCUT2D eigenvalue weighted by Crippen LogP contribution is -2.60. The molecule has 3 atom stereocenters. The van der Waals surface area contributed by atoms with Gasteiger partial charge in [-0.3, -0.25) is 9.80 Å². The zero-order chi connectivity index (χ0) is 13.7. The maximum Gasteiger partial charge on any atom is 0.0224 e. The molecule has 0 spiro atoms. The molecule has 3 nitrogen and oxygen atoms in total. The minimum atomic E-state index is 0.725. The average molecular weight is 267 g/mol. The number of piperazine rings is 1. The summed E-state index contributed by atoms with van der Waals surface area (Å²) in [6.45, 7) is 13.3. The number of hydrogen-bond acceptors (Lipinski definition) is 3. The van der Waals surface area contributed by atoms with E-state index in [0.29, 0.717) is 0 Å². The molecule has 2 saturated heterocycles. The topological polar surface area (TPSA) is 18.5 Å². The molecule has 0 amide bonds. The van der Waals surface area contributed by atoms with Crippen molar-refractivity contribution in [3.63, 3.8) is 0 Å². The molecule has 0 aliphatic carbocycles. The molecule has 0 saturated carbocycles. The fourth-order valence-corrected chi connectivity index (χ4v) is 3.77. The molecular weight excluding hydrogens is 234 g/mol. The van der Waals surface area contributed by atoms with E-state index < -0.39 is 0 Å². The van der Waals surface area contributed by atoms with Crippen molar-refractivity contribution in [1.82, 2.24) is 15.1 Å². The predicted molar refractivity (Wildman–Crippen MR) is 82.6 cm³/mol. The van der Waals surface area contributed by atoms with Crippen molar-refractivity contribution in [3.05, 3.63) is 0 Å². The monoisotopic (exact) mass is 267 g/mol. The van der Waals surface area contributed by atoms with Crippen molar-refractivity contribution >= 4 is 0 Å². The second-order valence-corrected chi connectivity index (χ2v) is 6.58. The van der Waals surface area contributed by atoms with E-state index in [-0.39, 0.29) is 0 Å². The minimum absolute atomic E-state index is 0.725. The number of nitrogens with zero attached hydrogens (tertiary/aromatic N) is 2. The summed E-state index contributed by atoms with van der Waals surface area (Å²) in [5.74, 6) is 0. The zero-order valence-corrected chi connectivity index (χ0v) is 13.2. The highest BCUT2D eigenvalue weighted by Gasteiger charge is 2.34. The SMILES string of the molecule is CCCNCCC(C)N1CC2CCCCN2CC1C. The van der Waals surface area contributed by atoms with Gasteiger partial charge in [-0.1, -0.05) is 13.3 Å². The Balaban J connectivity index is 1.78. The van der Waals surface area contributed by atoms with Gasteiger partial charge in [-0.25, -0.2) is 0 Å². The van der Waals surface area contributed by atoms with E-state index in [1.54, 1.807) is 0 Å². The van der Waals surface area contributed by atoms with Crippen LogP contribution in [0.2, 0.25) is 0 Å². The van der Waals surface area contributed by atoms with Crippen LogP contribution in [0.1, 0.15) is 52.9 Å². The van der Waals surface area contributed by atoms with Crippen LogP contribution in [-0.4, -0.2) is 60.6 Å². The minimum Gasteiger partial charge on any atom is -0.317 e. The van der Waals surface area contributed by atoms with Crippen LogP contribution in [0.25, 0.3) is 0 Å². The molecule has 1 N–H and O–H groups in total. The molecule has 3 unspecified atom stereocenters. The maximum atomic E-state index is 3.54. The van der Waals surface area contributed by atoms with Crippen LogP contribution in [0.4, 0.5) is 0 Å². The van der Waals surface area contributed by atoms with Crippen LogP contribution in [0.5, 0.6) is 0 Å². The summed E-state index contributed by atoms with van der Waals surface area (Å²) in [4.78, 5) is 5.51. The highest BCUT2D eigenvalue weighted by Crippen LogP contribution is 2.25. The molecule has 2 fully saturated rings. The lowest BCUT2D eigenvalue weighted by molar-refractivity contribution is -0.00549. The first-order chi connectivity index (χ1) is 9.22. The first kappa shape index (κ1) is 15.3. The fraction of sp³-hybridized carbons (Fsp3) is 1.00. The van der Waals surface area contributed by atoms with Crippen molar-refractivity contribution in [1.29, 1.82) is 0 Å². The fourth-order valence-electron chi connectivity index (χ4n) is 3.77. The lowest BCUT2D eigenvalue weighted by Gasteiger charge is -2.49. The largest absolute Gasteiger partial charge is 0.317 e. The standard InChI is InChI=1S/C16H33N3/c1-4-9-17-10-8-14(2)19-13-16-7-5-6-11-18(16)12-15(19)3/h14-17H,4-13H2,1-3H3. The van der Waals surface area contributed by atoms with E-state index in [1.807, 2.05) is 0 Å². The lowest BCUT2D eigenvalue weighted by atomic mass is 9.95. The van der Waals surface area contributed by atoms with Gasteiger partial charge in [0.2, 0.25) is 0 Å². The van der Waals surface area contributed by atoms with Gasteiger partial charge in [0.25, 0.3) is 0 Å². The summed E-state index contributed by atoms with van der Waals surface area (Å²) in [5, 5.41) is 3.54. The highest BCUT2D eigenvalue weighted by atomic mass is 15.3. The summed E-state index contributed by atoms with van der Waals surface area (Å²) in [6.07, 6.45) is 6.81. The Kier molecular flexibility index (Phi) is 6.11. The van der Waals surface area contributed by atoms with Crippen LogP contribution < -0.4 is 5.32 Å². The molecule has 2 aliphatic heterocycles. The van der Waals surface area contributed by atoms with Gasteiger partial charge < -0.3 is 5.32 Å². The molecule has 2 heterocycles. The van der Waals surface area contributed by atoms with Crippen molar-refractivity contribution in [3.8, 4) is 0 Å². The quantitative estimate of drug-likeness (QED) is 0.745. The van der Waals surface area contributed by atoms with Crippen LogP contribution in [0.15, 0.2) is 0 Å². The first-order valence-corrected chi connectivity index (χ1v) is 8.43. The van der Waals surface area contributed by atoms with Crippen molar-refractivity contribution in [2.75, 3.05) is 32.7 Å². The molecule has 0 radical (unpaired) electrons. The normalized spacial score (nSPS) is 31.1. The van der Waals surface area contributed by atoms with E-state index in [4.69, 9.17) is 0 Å². The van der Waals surface area contributed by atoms with Gasteiger partial charge >= 0.3 is 0 Å². The second kappa shape index (κ2) is 7.61. The van der Waals surface area contributed by atoms with Gasteiger partial charge in [0.15, 0.2) is 0 Å². The Bertz CT molecular complexity index is 256. The maximum absolute atomic E-state index is 3.54. The molecule has 2 aliphatic rings. The second-order valence-electron chi connectivity index (χ2n) is 6.58. The third-order valence-corrected chi connectivity index (χ3v) is 4.97. The Morgan fingerprint density at radius 3 is 2.84 bits per heavy atom. The van der Waals surface area contributed by atoms with Gasteiger partial charge in [-0.05, 0) is 59.2 Å². The molecule has 0 aromatic carbocycles. The molecule has 2 rings (SSSR count). The summed E-state index contributed by atoms with van der Waals surface area (Å²) >= 11 is 0. The number of rotatable bonds is 6. The van der Waals surface area contributed by atoms with Crippen LogP contribution >= 0.6 is 0 Å². The van der Waals surface area contributed by atoms with Gasteiger partial charge in [-0.15, -0.1) is 0 Å². The smallest absolute Gasteiger partial charge is 0.0224 e. The van der Waals surface area contributed by atoms with E-state index in [0.717, 1.165) is 18.1 Å². The molecule has 0 aromatic rings. The summed E-state index contributed by atoms with van der Waals surface area (Å²) in [6, 6.07) is 2.30. The summed E-state index contributed by atoms with van der Waals surface area (Å²) < 4.78 is 0. The molecule has 0 aromatic heterocycles.